The van der Waals surface area contributed by atoms with Crippen molar-refractivity contribution in [2.45, 2.75) is 4.90 Å². The lowest BCUT2D eigenvalue weighted by Gasteiger charge is -2.14. The van der Waals surface area contributed by atoms with Gasteiger partial charge in [0.25, 0.3) is 15.9 Å². The Morgan fingerprint density at radius 2 is 1.57 bits per heavy atom. The number of methoxy groups -OCH3 is 2. The lowest BCUT2D eigenvalue weighted by molar-refractivity contribution is 0.102. The van der Waals surface area contributed by atoms with Crippen LogP contribution in [0.5, 0.6) is 11.5 Å². The number of anilines is 2. The van der Waals surface area contributed by atoms with Crippen LogP contribution < -0.4 is 19.5 Å². The molecule has 0 saturated carbocycles. The standard InChI is InChI=1S/C21H19FN2O5S/c1-28-19-12-9-15(13-20(19)29-2)23-21(25)17-5-3-4-6-18(17)24-30(26,27)16-10-7-14(22)8-11-16/h3-13,24H,1-2H3,(H,23,25). The van der Waals surface area contributed by atoms with E-state index in [-0.39, 0.29) is 16.1 Å². The molecule has 3 aromatic carbocycles. The number of halogens is 1. The van der Waals surface area contributed by atoms with Crippen LogP contribution in [0.25, 0.3) is 0 Å². The number of ether oxygens (including phenoxy) is 2. The number of carbonyl (C=O) groups is 1. The highest BCUT2D eigenvalue weighted by molar-refractivity contribution is 7.92. The second-order valence-electron chi connectivity index (χ2n) is 6.13. The molecule has 30 heavy (non-hydrogen) atoms. The number of rotatable bonds is 7. The van der Waals surface area contributed by atoms with Gasteiger partial charge in [-0.2, -0.15) is 0 Å². The molecule has 0 aromatic heterocycles. The predicted molar refractivity (Wildman–Crippen MR) is 111 cm³/mol. The van der Waals surface area contributed by atoms with Gasteiger partial charge in [0, 0.05) is 11.8 Å². The zero-order chi connectivity index (χ0) is 21.7. The van der Waals surface area contributed by atoms with Crippen molar-refractivity contribution in [2.75, 3.05) is 24.3 Å². The fourth-order valence-corrected chi connectivity index (χ4v) is 3.78. The van der Waals surface area contributed by atoms with Crippen LogP contribution in [0.3, 0.4) is 0 Å². The summed E-state index contributed by atoms with van der Waals surface area (Å²) in [7, 11) is -1.04. The number of hydrogen-bond donors (Lipinski definition) is 2. The van der Waals surface area contributed by atoms with Crippen molar-refractivity contribution in [1.82, 2.24) is 0 Å². The Morgan fingerprint density at radius 3 is 2.23 bits per heavy atom. The van der Waals surface area contributed by atoms with Crippen molar-refractivity contribution < 1.29 is 27.1 Å². The fourth-order valence-electron chi connectivity index (χ4n) is 2.70. The van der Waals surface area contributed by atoms with Gasteiger partial charge in [-0.1, -0.05) is 12.1 Å². The van der Waals surface area contributed by atoms with Crippen LogP contribution in [0.4, 0.5) is 15.8 Å². The average Bonchev–Trinajstić information content (AvgIpc) is 2.74. The van der Waals surface area contributed by atoms with Crippen LogP contribution in [-0.2, 0) is 10.0 Å². The quantitative estimate of drug-likeness (QED) is 0.593. The average molecular weight is 430 g/mol. The number of carbonyl (C=O) groups excluding carboxylic acids is 1. The van der Waals surface area contributed by atoms with Crippen LogP contribution in [0.1, 0.15) is 10.4 Å². The van der Waals surface area contributed by atoms with Crippen molar-refractivity contribution in [3.05, 3.63) is 78.1 Å². The number of sulfonamides is 1. The van der Waals surface area contributed by atoms with E-state index in [0.29, 0.717) is 17.2 Å². The Kier molecular flexibility index (Phi) is 6.22. The predicted octanol–water partition coefficient (Wildman–Crippen LogP) is 3.90. The summed E-state index contributed by atoms with van der Waals surface area (Å²) in [6, 6.07) is 15.4. The molecule has 0 fully saturated rings. The van der Waals surface area contributed by atoms with Crippen LogP contribution in [-0.4, -0.2) is 28.5 Å². The minimum atomic E-state index is -4.01. The molecule has 7 nitrogen and oxygen atoms in total. The molecule has 9 heteroatoms. The summed E-state index contributed by atoms with van der Waals surface area (Å²) in [4.78, 5) is 12.7. The van der Waals surface area contributed by atoms with Crippen molar-refractivity contribution >= 4 is 27.3 Å². The molecule has 0 unspecified atom stereocenters. The first kappa shape index (κ1) is 21.1. The molecule has 3 aromatic rings. The van der Waals surface area contributed by atoms with E-state index in [9.17, 15) is 17.6 Å². The minimum Gasteiger partial charge on any atom is -0.493 e. The monoisotopic (exact) mass is 430 g/mol. The largest absolute Gasteiger partial charge is 0.493 e. The summed E-state index contributed by atoms with van der Waals surface area (Å²) in [6.07, 6.45) is 0. The van der Waals surface area contributed by atoms with Crippen LogP contribution >= 0.6 is 0 Å². The van der Waals surface area contributed by atoms with Gasteiger partial charge in [0.05, 0.1) is 30.4 Å². The molecule has 0 aliphatic rings. The molecular weight excluding hydrogens is 411 g/mol. The molecule has 2 N–H and O–H groups in total. The van der Waals surface area contributed by atoms with Gasteiger partial charge in [0.15, 0.2) is 11.5 Å². The zero-order valence-corrected chi connectivity index (χ0v) is 17.0. The summed E-state index contributed by atoms with van der Waals surface area (Å²) >= 11 is 0. The molecule has 0 aliphatic heterocycles. The molecule has 0 spiro atoms. The number of hydrogen-bond acceptors (Lipinski definition) is 5. The maximum atomic E-state index is 13.1. The smallest absolute Gasteiger partial charge is 0.261 e. The Bertz CT molecular complexity index is 1160. The normalized spacial score (nSPS) is 10.9. The van der Waals surface area contributed by atoms with Gasteiger partial charge < -0.3 is 14.8 Å². The van der Waals surface area contributed by atoms with Gasteiger partial charge in [0.1, 0.15) is 5.82 Å². The topological polar surface area (TPSA) is 93.7 Å². The molecule has 0 aliphatic carbocycles. The molecule has 0 bridgehead atoms. The van der Waals surface area contributed by atoms with E-state index < -0.39 is 21.7 Å². The molecule has 3 rings (SSSR count). The molecule has 0 atom stereocenters. The van der Waals surface area contributed by atoms with E-state index in [1.54, 1.807) is 30.3 Å². The fraction of sp³-hybridized carbons (Fsp3) is 0.0952. The lowest BCUT2D eigenvalue weighted by atomic mass is 10.1. The van der Waals surface area contributed by atoms with E-state index in [0.717, 1.165) is 24.3 Å². The van der Waals surface area contributed by atoms with Gasteiger partial charge in [0.2, 0.25) is 0 Å². The summed E-state index contributed by atoms with van der Waals surface area (Å²) in [5, 5.41) is 2.70. The number of para-hydroxylation sites is 1. The summed E-state index contributed by atoms with van der Waals surface area (Å²) in [5.74, 6) is -0.146. The second kappa shape index (κ2) is 8.83. The van der Waals surface area contributed by atoms with Crippen molar-refractivity contribution in [1.29, 1.82) is 0 Å². The SMILES string of the molecule is COc1ccc(NC(=O)c2ccccc2NS(=O)(=O)c2ccc(F)cc2)cc1OC. The van der Waals surface area contributed by atoms with E-state index in [2.05, 4.69) is 10.0 Å². The van der Waals surface area contributed by atoms with Gasteiger partial charge in [-0.05, 0) is 48.5 Å². The van der Waals surface area contributed by atoms with Gasteiger partial charge in [-0.25, -0.2) is 12.8 Å². The van der Waals surface area contributed by atoms with Crippen molar-refractivity contribution in [3.63, 3.8) is 0 Å². The Labute approximate surface area is 173 Å². The van der Waals surface area contributed by atoms with Crippen molar-refractivity contribution in [3.8, 4) is 11.5 Å². The Morgan fingerprint density at radius 1 is 0.900 bits per heavy atom. The van der Waals surface area contributed by atoms with Crippen LogP contribution in [0, 0.1) is 5.82 Å². The van der Waals surface area contributed by atoms with E-state index in [1.807, 2.05) is 0 Å². The summed E-state index contributed by atoms with van der Waals surface area (Å²) in [5.41, 5.74) is 0.631. The number of amides is 1. The van der Waals surface area contributed by atoms with Gasteiger partial charge >= 0.3 is 0 Å². The third-order valence-corrected chi connectivity index (χ3v) is 5.56. The molecule has 156 valence electrons. The first-order valence-corrected chi connectivity index (χ1v) is 10.2. The molecular formula is C21H19FN2O5S. The number of benzene rings is 3. The second-order valence-corrected chi connectivity index (χ2v) is 7.81. The van der Waals surface area contributed by atoms with Crippen LogP contribution in [0.2, 0.25) is 0 Å². The first-order chi connectivity index (χ1) is 14.3. The molecule has 0 radical (unpaired) electrons. The van der Waals surface area contributed by atoms with Gasteiger partial charge in [-0.3, -0.25) is 9.52 Å². The highest BCUT2D eigenvalue weighted by Crippen LogP contribution is 2.30. The third-order valence-electron chi connectivity index (χ3n) is 4.18. The highest BCUT2D eigenvalue weighted by Gasteiger charge is 2.19. The highest BCUT2D eigenvalue weighted by atomic mass is 32.2. The molecule has 0 saturated heterocycles. The van der Waals surface area contributed by atoms with E-state index >= 15 is 0 Å². The number of nitrogens with one attached hydrogen (secondary N) is 2. The lowest BCUT2D eigenvalue weighted by Crippen LogP contribution is -2.18. The van der Waals surface area contributed by atoms with Gasteiger partial charge in [-0.15, -0.1) is 0 Å². The van der Waals surface area contributed by atoms with E-state index in [1.165, 1.54) is 26.4 Å². The Hall–Kier alpha value is -3.59. The van der Waals surface area contributed by atoms with E-state index in [4.69, 9.17) is 9.47 Å². The maximum Gasteiger partial charge on any atom is 0.261 e. The summed E-state index contributed by atoms with van der Waals surface area (Å²) in [6.45, 7) is 0. The molecule has 0 heterocycles. The van der Waals surface area contributed by atoms with Crippen LogP contribution in [0.15, 0.2) is 71.6 Å². The van der Waals surface area contributed by atoms with Crippen molar-refractivity contribution in [2.24, 2.45) is 0 Å². The maximum absolute atomic E-state index is 13.1. The Balaban J connectivity index is 1.86. The molecule has 1 amide bonds. The summed E-state index contributed by atoms with van der Waals surface area (Å²) < 4.78 is 51.1. The third kappa shape index (κ3) is 4.69. The minimum absolute atomic E-state index is 0.0831. The first-order valence-electron chi connectivity index (χ1n) is 8.75. The zero-order valence-electron chi connectivity index (χ0n) is 16.2.